The van der Waals surface area contributed by atoms with E-state index in [1.807, 2.05) is 0 Å². The molecule has 0 aliphatic heterocycles. The molecule has 7 nitrogen and oxygen atoms in total. The quantitative estimate of drug-likeness (QED) is 0.386. The number of carbonyl (C=O) groups excluding carboxylic acids is 2. The fourth-order valence-corrected chi connectivity index (χ4v) is 3.13. The predicted octanol–water partition coefficient (Wildman–Crippen LogP) is 3.07. The van der Waals surface area contributed by atoms with Crippen LogP contribution in [0.3, 0.4) is 0 Å². The molecule has 0 fully saturated rings. The van der Waals surface area contributed by atoms with Gasteiger partial charge in [-0.05, 0) is 54.0 Å². The van der Waals surface area contributed by atoms with Crippen LogP contribution in [0.2, 0.25) is 0 Å². The molecule has 0 aliphatic rings. The van der Waals surface area contributed by atoms with E-state index < -0.39 is 17.5 Å². The number of carbonyl (C=O) groups is 2. The van der Waals surface area contributed by atoms with Gasteiger partial charge in [0.25, 0.3) is 0 Å². The molecule has 2 aromatic carbocycles. The van der Waals surface area contributed by atoms with E-state index in [4.69, 9.17) is 14.2 Å². The Morgan fingerprint density at radius 3 is 1.84 bits per heavy atom. The number of ether oxygens (including phenoxy) is 3. The van der Waals surface area contributed by atoms with Crippen LogP contribution in [0.1, 0.15) is 23.1 Å². The zero-order valence-corrected chi connectivity index (χ0v) is 18.4. The van der Waals surface area contributed by atoms with Gasteiger partial charge in [0.1, 0.15) is 5.75 Å². The van der Waals surface area contributed by atoms with Crippen LogP contribution in [0.15, 0.2) is 48.6 Å². The second-order valence-electron chi connectivity index (χ2n) is 6.88. The molecule has 0 saturated carbocycles. The normalized spacial score (nSPS) is 12.2. The van der Waals surface area contributed by atoms with Gasteiger partial charge in [0.2, 0.25) is 0 Å². The molecule has 2 rings (SSSR count). The lowest BCUT2D eigenvalue weighted by molar-refractivity contribution is -0.128. The molecule has 0 aliphatic carbocycles. The zero-order valence-electron chi connectivity index (χ0n) is 18.4. The van der Waals surface area contributed by atoms with Gasteiger partial charge in [-0.1, -0.05) is 24.3 Å². The molecule has 0 radical (unpaired) electrons. The number of benzene rings is 2. The van der Waals surface area contributed by atoms with Gasteiger partial charge in [-0.2, -0.15) is 0 Å². The first-order chi connectivity index (χ1) is 15.5. The number of ketones is 2. The van der Waals surface area contributed by atoms with E-state index in [0.717, 1.165) is 0 Å². The van der Waals surface area contributed by atoms with Crippen LogP contribution >= 0.6 is 0 Å². The fourth-order valence-electron chi connectivity index (χ4n) is 3.13. The molecule has 0 heterocycles. The highest BCUT2D eigenvalue weighted by Gasteiger charge is 2.22. The molecule has 32 heavy (non-hydrogen) atoms. The van der Waals surface area contributed by atoms with E-state index in [2.05, 4.69) is 0 Å². The third-order valence-corrected chi connectivity index (χ3v) is 4.87. The zero-order chi connectivity index (χ0) is 23.5. The molecule has 170 valence electrons. The molecular weight excluding hydrogens is 412 g/mol. The number of allylic oxidation sites excluding steroid dienone is 2. The van der Waals surface area contributed by atoms with E-state index in [9.17, 15) is 19.8 Å². The van der Waals surface area contributed by atoms with Crippen LogP contribution in [0.5, 0.6) is 17.2 Å². The number of aliphatic hydroxyl groups is 2. The lowest BCUT2D eigenvalue weighted by atomic mass is 9.94. The van der Waals surface area contributed by atoms with E-state index in [0.29, 0.717) is 33.9 Å². The predicted molar refractivity (Wildman–Crippen MR) is 122 cm³/mol. The smallest absolute Gasteiger partial charge is 0.166 e. The number of hydrogen-bond acceptors (Lipinski definition) is 7. The summed E-state index contributed by atoms with van der Waals surface area (Å²) < 4.78 is 15.6. The van der Waals surface area contributed by atoms with Crippen LogP contribution in [0.25, 0.3) is 12.2 Å². The molecule has 0 amide bonds. The van der Waals surface area contributed by atoms with Crippen molar-refractivity contribution in [1.82, 2.24) is 0 Å². The summed E-state index contributed by atoms with van der Waals surface area (Å²) in [5.41, 5.74) is 1.97. The SMILES string of the molecule is COc1ccc(C=CC(=O)C(CCO)C(=O)C=Cc2ccc(OC)c(OC)c2)cc1CO. The largest absolute Gasteiger partial charge is 0.496 e. The van der Waals surface area contributed by atoms with Gasteiger partial charge in [-0.25, -0.2) is 0 Å². The maximum Gasteiger partial charge on any atom is 0.166 e. The van der Waals surface area contributed by atoms with Crippen molar-refractivity contribution in [3.8, 4) is 17.2 Å². The van der Waals surface area contributed by atoms with Crippen LogP contribution in [0.4, 0.5) is 0 Å². The summed E-state index contributed by atoms with van der Waals surface area (Å²) in [6, 6.07) is 10.3. The van der Waals surface area contributed by atoms with Crippen molar-refractivity contribution >= 4 is 23.7 Å². The van der Waals surface area contributed by atoms with Crippen LogP contribution < -0.4 is 14.2 Å². The van der Waals surface area contributed by atoms with Crippen molar-refractivity contribution in [2.75, 3.05) is 27.9 Å². The van der Waals surface area contributed by atoms with Crippen molar-refractivity contribution in [3.63, 3.8) is 0 Å². The summed E-state index contributed by atoms with van der Waals surface area (Å²) in [5, 5.41) is 18.8. The summed E-state index contributed by atoms with van der Waals surface area (Å²) in [5.74, 6) is -0.184. The molecule has 1 unspecified atom stereocenters. The first kappa shape index (κ1) is 24.8. The maximum absolute atomic E-state index is 12.7. The fraction of sp³-hybridized carbons (Fsp3) is 0.280. The van der Waals surface area contributed by atoms with E-state index >= 15 is 0 Å². The average Bonchev–Trinajstić information content (AvgIpc) is 2.83. The van der Waals surface area contributed by atoms with Crippen molar-refractivity contribution in [3.05, 3.63) is 65.2 Å². The molecule has 0 saturated heterocycles. The second kappa shape index (κ2) is 12.4. The Kier molecular flexibility index (Phi) is 9.66. The number of aliphatic hydroxyl groups excluding tert-OH is 2. The highest BCUT2D eigenvalue weighted by atomic mass is 16.5. The molecule has 2 N–H and O–H groups in total. The summed E-state index contributed by atoms with van der Waals surface area (Å²) in [7, 11) is 4.56. The minimum Gasteiger partial charge on any atom is -0.496 e. The summed E-state index contributed by atoms with van der Waals surface area (Å²) in [4.78, 5) is 25.3. The molecular formula is C25H28O7. The van der Waals surface area contributed by atoms with Gasteiger partial charge in [0, 0.05) is 12.2 Å². The number of rotatable bonds is 12. The highest BCUT2D eigenvalue weighted by molar-refractivity contribution is 6.13. The van der Waals surface area contributed by atoms with Crippen molar-refractivity contribution in [2.24, 2.45) is 5.92 Å². The molecule has 1 atom stereocenters. The van der Waals surface area contributed by atoms with Crippen LogP contribution in [-0.4, -0.2) is 49.7 Å². The van der Waals surface area contributed by atoms with Gasteiger partial charge in [-0.15, -0.1) is 0 Å². The third kappa shape index (κ3) is 6.54. The number of methoxy groups -OCH3 is 3. The Bertz CT molecular complexity index is 914. The first-order valence-corrected chi connectivity index (χ1v) is 10.0. The Morgan fingerprint density at radius 1 is 0.812 bits per heavy atom. The number of hydrogen-bond donors (Lipinski definition) is 2. The van der Waals surface area contributed by atoms with E-state index in [-0.39, 0.29) is 19.6 Å². The van der Waals surface area contributed by atoms with Crippen LogP contribution in [0, 0.1) is 5.92 Å². The Morgan fingerprint density at radius 2 is 1.34 bits per heavy atom. The molecule has 2 aromatic rings. The monoisotopic (exact) mass is 440 g/mol. The summed E-state index contributed by atoms with van der Waals surface area (Å²) >= 11 is 0. The van der Waals surface area contributed by atoms with Crippen molar-refractivity contribution in [1.29, 1.82) is 0 Å². The van der Waals surface area contributed by atoms with Crippen molar-refractivity contribution < 1.29 is 34.0 Å². The summed E-state index contributed by atoms with van der Waals surface area (Å²) in [6.07, 6.45) is 5.80. The Labute approximate surface area is 187 Å². The average molecular weight is 440 g/mol. The Balaban J connectivity index is 2.16. The van der Waals surface area contributed by atoms with Crippen molar-refractivity contribution in [2.45, 2.75) is 13.0 Å². The molecule has 0 spiro atoms. The van der Waals surface area contributed by atoms with Gasteiger partial charge in [0.15, 0.2) is 23.1 Å². The minimum absolute atomic E-state index is 0.0166. The Hall–Kier alpha value is -3.42. The second-order valence-corrected chi connectivity index (χ2v) is 6.88. The lowest BCUT2D eigenvalue weighted by Crippen LogP contribution is -2.22. The van der Waals surface area contributed by atoms with E-state index in [1.165, 1.54) is 33.5 Å². The van der Waals surface area contributed by atoms with Gasteiger partial charge >= 0.3 is 0 Å². The summed E-state index contributed by atoms with van der Waals surface area (Å²) in [6.45, 7) is -0.497. The maximum atomic E-state index is 12.7. The molecule has 0 aromatic heterocycles. The molecule has 7 heteroatoms. The van der Waals surface area contributed by atoms with Crippen LogP contribution in [-0.2, 0) is 16.2 Å². The van der Waals surface area contributed by atoms with E-state index in [1.54, 1.807) is 48.6 Å². The molecule has 0 bridgehead atoms. The van der Waals surface area contributed by atoms with Gasteiger partial charge < -0.3 is 24.4 Å². The topological polar surface area (TPSA) is 102 Å². The van der Waals surface area contributed by atoms with Gasteiger partial charge in [-0.3, -0.25) is 9.59 Å². The standard InChI is InChI=1S/C25H28O7/c1-30-23-10-6-17(14-19(23)16-27)4-8-21(28)20(12-13-26)22(29)9-5-18-7-11-24(31-2)25(15-18)32-3/h4-11,14-15,20,26-27H,12-13,16H2,1-3H3. The lowest BCUT2D eigenvalue weighted by Gasteiger charge is -2.10. The highest BCUT2D eigenvalue weighted by Crippen LogP contribution is 2.28. The minimum atomic E-state index is -0.997. The third-order valence-electron chi connectivity index (χ3n) is 4.87. The first-order valence-electron chi connectivity index (χ1n) is 10.0. The van der Waals surface area contributed by atoms with Gasteiger partial charge in [0.05, 0.1) is 33.9 Å².